The molecule has 0 fully saturated rings. The molecule has 0 amide bonds. The molecule has 0 aromatic heterocycles. The van der Waals surface area contributed by atoms with E-state index < -0.39 is 0 Å². The second kappa shape index (κ2) is 5.48. The van der Waals surface area contributed by atoms with Crippen LogP contribution in [0.3, 0.4) is 0 Å². The van der Waals surface area contributed by atoms with Gasteiger partial charge in [-0.3, -0.25) is 0 Å². The molecule has 2 rings (SSSR count). The van der Waals surface area contributed by atoms with Crippen LogP contribution >= 0.6 is 0 Å². The maximum absolute atomic E-state index is 5.84. The first-order chi connectivity index (χ1) is 8.29. The van der Waals surface area contributed by atoms with Crippen molar-refractivity contribution in [2.24, 2.45) is 5.73 Å². The standard InChI is InChI=1S/C14H16N2O/c1-16-14(15)11-7-9-13(10-8-11)17-12-5-3-2-4-6-12/h2-10,14,16H,15H2,1H3. The van der Waals surface area contributed by atoms with Crippen molar-refractivity contribution in [3.05, 3.63) is 60.2 Å². The van der Waals surface area contributed by atoms with Gasteiger partial charge in [-0.2, -0.15) is 0 Å². The summed E-state index contributed by atoms with van der Waals surface area (Å²) in [6.45, 7) is 0. The number of nitrogens with two attached hydrogens (primary N) is 1. The third-order valence-corrected chi connectivity index (χ3v) is 2.53. The maximum Gasteiger partial charge on any atom is 0.127 e. The van der Waals surface area contributed by atoms with Gasteiger partial charge >= 0.3 is 0 Å². The Kier molecular flexibility index (Phi) is 3.75. The molecule has 3 heteroatoms. The summed E-state index contributed by atoms with van der Waals surface area (Å²) in [5.74, 6) is 1.64. The number of hydrogen-bond acceptors (Lipinski definition) is 3. The Morgan fingerprint density at radius 2 is 1.53 bits per heavy atom. The van der Waals surface area contributed by atoms with Crippen molar-refractivity contribution in [1.29, 1.82) is 0 Å². The van der Waals surface area contributed by atoms with Crippen molar-refractivity contribution in [1.82, 2.24) is 5.32 Å². The Morgan fingerprint density at radius 3 is 2.12 bits per heavy atom. The molecule has 1 atom stereocenters. The van der Waals surface area contributed by atoms with Crippen LogP contribution in [0.15, 0.2) is 54.6 Å². The monoisotopic (exact) mass is 228 g/mol. The summed E-state index contributed by atoms with van der Waals surface area (Å²) in [7, 11) is 1.83. The molecular formula is C14H16N2O. The fourth-order valence-electron chi connectivity index (χ4n) is 1.53. The molecule has 2 aromatic rings. The van der Waals surface area contributed by atoms with Crippen molar-refractivity contribution in [3.63, 3.8) is 0 Å². The zero-order chi connectivity index (χ0) is 12.1. The normalized spacial score (nSPS) is 12.1. The van der Waals surface area contributed by atoms with E-state index in [0.29, 0.717) is 0 Å². The summed E-state index contributed by atoms with van der Waals surface area (Å²) < 4.78 is 5.69. The van der Waals surface area contributed by atoms with Crippen LogP contribution in [0, 0.1) is 0 Å². The van der Waals surface area contributed by atoms with E-state index in [1.54, 1.807) is 0 Å². The molecule has 0 aliphatic rings. The molecule has 0 aliphatic heterocycles. The number of ether oxygens (including phenoxy) is 1. The van der Waals surface area contributed by atoms with Gasteiger partial charge < -0.3 is 15.8 Å². The van der Waals surface area contributed by atoms with E-state index in [0.717, 1.165) is 17.1 Å². The summed E-state index contributed by atoms with van der Waals surface area (Å²) >= 11 is 0. The lowest BCUT2D eigenvalue weighted by Crippen LogP contribution is -2.24. The van der Waals surface area contributed by atoms with Crippen molar-refractivity contribution >= 4 is 0 Å². The fraction of sp³-hybridized carbons (Fsp3) is 0.143. The van der Waals surface area contributed by atoms with E-state index in [1.807, 2.05) is 61.6 Å². The first kappa shape index (κ1) is 11.6. The van der Waals surface area contributed by atoms with Gasteiger partial charge in [0.1, 0.15) is 11.5 Å². The predicted molar refractivity (Wildman–Crippen MR) is 68.9 cm³/mol. The van der Waals surface area contributed by atoms with E-state index >= 15 is 0 Å². The lowest BCUT2D eigenvalue weighted by Gasteiger charge is -2.11. The quantitative estimate of drug-likeness (QED) is 0.791. The van der Waals surface area contributed by atoms with E-state index in [2.05, 4.69) is 5.32 Å². The van der Waals surface area contributed by atoms with Gasteiger partial charge in [0.25, 0.3) is 0 Å². The topological polar surface area (TPSA) is 47.3 Å². The van der Waals surface area contributed by atoms with Gasteiger partial charge in [0.15, 0.2) is 0 Å². The lowest BCUT2D eigenvalue weighted by molar-refractivity contribution is 0.482. The summed E-state index contributed by atoms with van der Waals surface area (Å²) in [4.78, 5) is 0. The Hall–Kier alpha value is -1.84. The van der Waals surface area contributed by atoms with Gasteiger partial charge in [-0.1, -0.05) is 30.3 Å². The Bertz CT molecular complexity index is 453. The third-order valence-electron chi connectivity index (χ3n) is 2.53. The number of nitrogens with one attached hydrogen (secondary N) is 1. The molecule has 0 saturated heterocycles. The Morgan fingerprint density at radius 1 is 0.941 bits per heavy atom. The summed E-state index contributed by atoms with van der Waals surface area (Å²) in [6, 6.07) is 17.4. The van der Waals surface area contributed by atoms with Crippen molar-refractivity contribution < 1.29 is 4.74 Å². The molecule has 0 bridgehead atoms. The van der Waals surface area contributed by atoms with Gasteiger partial charge in [-0.25, -0.2) is 0 Å². The van der Waals surface area contributed by atoms with Crippen LogP contribution in [0.25, 0.3) is 0 Å². The molecule has 0 radical (unpaired) electrons. The number of para-hydroxylation sites is 1. The first-order valence-corrected chi connectivity index (χ1v) is 5.55. The minimum atomic E-state index is -0.138. The van der Waals surface area contributed by atoms with Crippen molar-refractivity contribution in [2.75, 3.05) is 7.05 Å². The smallest absolute Gasteiger partial charge is 0.127 e. The zero-order valence-corrected chi connectivity index (χ0v) is 9.76. The van der Waals surface area contributed by atoms with E-state index in [4.69, 9.17) is 10.5 Å². The number of hydrogen-bond donors (Lipinski definition) is 2. The molecular weight excluding hydrogens is 212 g/mol. The van der Waals surface area contributed by atoms with Crippen LogP contribution in [0.1, 0.15) is 11.7 Å². The van der Waals surface area contributed by atoms with Gasteiger partial charge in [-0.05, 0) is 36.9 Å². The summed E-state index contributed by atoms with van der Waals surface area (Å²) in [5, 5.41) is 2.99. The SMILES string of the molecule is CNC(N)c1ccc(Oc2ccccc2)cc1. The van der Waals surface area contributed by atoms with Crippen LogP contribution in [-0.4, -0.2) is 7.05 Å². The predicted octanol–water partition coefficient (Wildman–Crippen LogP) is 2.66. The third kappa shape index (κ3) is 3.06. The highest BCUT2D eigenvalue weighted by molar-refractivity contribution is 5.33. The molecule has 3 nitrogen and oxygen atoms in total. The van der Waals surface area contributed by atoms with Crippen LogP contribution in [0.4, 0.5) is 0 Å². The molecule has 17 heavy (non-hydrogen) atoms. The first-order valence-electron chi connectivity index (χ1n) is 5.55. The van der Waals surface area contributed by atoms with E-state index in [9.17, 15) is 0 Å². The second-order valence-electron chi connectivity index (χ2n) is 3.75. The highest BCUT2D eigenvalue weighted by atomic mass is 16.5. The highest BCUT2D eigenvalue weighted by Gasteiger charge is 2.02. The van der Waals surface area contributed by atoms with Gasteiger partial charge in [-0.15, -0.1) is 0 Å². The molecule has 3 N–H and O–H groups in total. The van der Waals surface area contributed by atoms with Crippen molar-refractivity contribution in [3.8, 4) is 11.5 Å². The molecule has 1 unspecified atom stereocenters. The second-order valence-corrected chi connectivity index (χ2v) is 3.75. The molecule has 0 aliphatic carbocycles. The van der Waals surface area contributed by atoms with Gasteiger partial charge in [0.2, 0.25) is 0 Å². The average molecular weight is 228 g/mol. The van der Waals surface area contributed by atoms with E-state index in [1.165, 1.54) is 0 Å². The largest absolute Gasteiger partial charge is 0.457 e. The number of rotatable bonds is 4. The summed E-state index contributed by atoms with van der Waals surface area (Å²) in [5.41, 5.74) is 6.88. The molecule has 0 spiro atoms. The molecule has 0 saturated carbocycles. The fourth-order valence-corrected chi connectivity index (χ4v) is 1.53. The maximum atomic E-state index is 5.84. The van der Waals surface area contributed by atoms with Crippen LogP contribution in [0.2, 0.25) is 0 Å². The molecule has 0 heterocycles. The number of benzene rings is 2. The summed E-state index contributed by atoms with van der Waals surface area (Å²) in [6.07, 6.45) is -0.138. The molecule has 2 aromatic carbocycles. The Balaban J connectivity index is 2.08. The van der Waals surface area contributed by atoms with Crippen LogP contribution in [-0.2, 0) is 0 Å². The van der Waals surface area contributed by atoms with Crippen LogP contribution in [0.5, 0.6) is 11.5 Å². The van der Waals surface area contributed by atoms with E-state index in [-0.39, 0.29) is 6.17 Å². The minimum Gasteiger partial charge on any atom is -0.457 e. The van der Waals surface area contributed by atoms with Gasteiger partial charge in [0.05, 0.1) is 6.17 Å². The minimum absolute atomic E-state index is 0.138. The van der Waals surface area contributed by atoms with Gasteiger partial charge in [0, 0.05) is 0 Å². The Labute approximate surface area is 101 Å². The lowest BCUT2D eigenvalue weighted by atomic mass is 10.2. The zero-order valence-electron chi connectivity index (χ0n) is 9.76. The van der Waals surface area contributed by atoms with Crippen molar-refractivity contribution in [2.45, 2.75) is 6.17 Å². The molecule has 88 valence electrons. The average Bonchev–Trinajstić information content (AvgIpc) is 2.40. The highest BCUT2D eigenvalue weighted by Crippen LogP contribution is 2.21. The van der Waals surface area contributed by atoms with Crippen LogP contribution < -0.4 is 15.8 Å².